The summed E-state index contributed by atoms with van der Waals surface area (Å²) in [5.41, 5.74) is 0.949. The number of anilines is 1. The van der Waals surface area contributed by atoms with Crippen LogP contribution in [0, 0.1) is 16.7 Å². The Balaban J connectivity index is 1.62. The Kier molecular flexibility index (Phi) is 6.79. The number of benzene rings is 1. The number of amides is 1. The molecule has 0 aromatic heterocycles. The van der Waals surface area contributed by atoms with Gasteiger partial charge in [-0.05, 0) is 54.2 Å². The molecule has 3 aliphatic rings. The zero-order chi connectivity index (χ0) is 23.9. The van der Waals surface area contributed by atoms with E-state index >= 15 is 0 Å². The highest BCUT2D eigenvalue weighted by molar-refractivity contribution is 7.89. The maximum Gasteiger partial charge on any atom is 0.251 e. The van der Waals surface area contributed by atoms with Gasteiger partial charge in [-0.2, -0.15) is 4.31 Å². The maximum absolute atomic E-state index is 13.5. The van der Waals surface area contributed by atoms with E-state index in [2.05, 4.69) is 31.4 Å². The molecule has 8 nitrogen and oxygen atoms in total. The predicted octanol–water partition coefficient (Wildman–Crippen LogP) is 2.71. The number of methoxy groups -OCH3 is 1. The third kappa shape index (κ3) is 4.52. The number of fused-ring (bicyclic) bond motifs is 2. The van der Waals surface area contributed by atoms with E-state index in [1.165, 1.54) is 16.8 Å². The quantitative estimate of drug-likeness (QED) is 0.557. The number of nitrogens with one attached hydrogen (secondary N) is 2. The number of ether oxygens (including phenoxy) is 2. The standard InChI is InChI=1S/C24H37N3O5S/c1-23(2)18-7-8-24(3,16-18)22(23)26-21(28)17-5-6-19(25-9-12-31-4)20(15-17)33(29,30)27-10-13-32-14-11-27/h5-6,15,18,22,25H,7-14,16H2,1-4H3,(H,26,28)/t18-,22?,24+/m1/s1. The molecule has 2 N–H and O–H groups in total. The van der Waals surface area contributed by atoms with Crippen molar-refractivity contribution in [3.8, 4) is 0 Å². The van der Waals surface area contributed by atoms with Crippen molar-refractivity contribution in [1.29, 1.82) is 0 Å². The van der Waals surface area contributed by atoms with Gasteiger partial charge in [0.15, 0.2) is 0 Å². The lowest BCUT2D eigenvalue weighted by Crippen LogP contribution is -2.52. The second-order valence-corrected chi connectivity index (χ2v) is 12.4. The minimum atomic E-state index is -3.79. The van der Waals surface area contributed by atoms with Crippen LogP contribution in [0.4, 0.5) is 5.69 Å². The average Bonchev–Trinajstić information content (AvgIpc) is 3.28. The van der Waals surface area contributed by atoms with Gasteiger partial charge >= 0.3 is 0 Å². The van der Waals surface area contributed by atoms with E-state index < -0.39 is 10.0 Å². The normalized spacial score (nSPS) is 29.2. The second kappa shape index (κ2) is 9.17. The van der Waals surface area contributed by atoms with E-state index in [1.807, 2.05) is 0 Å². The van der Waals surface area contributed by atoms with Gasteiger partial charge in [-0.1, -0.05) is 20.8 Å². The highest BCUT2D eigenvalue weighted by Gasteiger charge is 2.59. The molecule has 1 heterocycles. The summed E-state index contributed by atoms with van der Waals surface area (Å²) in [4.78, 5) is 13.5. The fourth-order valence-electron chi connectivity index (χ4n) is 6.11. The van der Waals surface area contributed by atoms with Crippen LogP contribution in [0.25, 0.3) is 0 Å². The van der Waals surface area contributed by atoms with Gasteiger partial charge in [-0.15, -0.1) is 0 Å². The highest BCUT2D eigenvalue weighted by Crippen LogP contribution is 2.62. The monoisotopic (exact) mass is 479 g/mol. The van der Waals surface area contributed by atoms with Crippen molar-refractivity contribution in [1.82, 2.24) is 9.62 Å². The van der Waals surface area contributed by atoms with Gasteiger partial charge in [0.25, 0.3) is 5.91 Å². The van der Waals surface area contributed by atoms with E-state index in [0.717, 1.165) is 12.8 Å². The summed E-state index contributed by atoms with van der Waals surface area (Å²) in [6, 6.07) is 4.96. The predicted molar refractivity (Wildman–Crippen MR) is 127 cm³/mol. The number of hydrogen-bond donors (Lipinski definition) is 2. The Hall–Kier alpha value is -1.68. The van der Waals surface area contributed by atoms with Crippen molar-refractivity contribution < 1.29 is 22.7 Å². The number of sulfonamides is 1. The molecule has 1 aliphatic heterocycles. The third-order valence-corrected chi connectivity index (χ3v) is 9.94. The molecule has 3 fully saturated rings. The van der Waals surface area contributed by atoms with Gasteiger partial charge < -0.3 is 20.1 Å². The number of rotatable bonds is 8. The van der Waals surface area contributed by atoms with Crippen LogP contribution in [-0.4, -0.2) is 71.2 Å². The van der Waals surface area contributed by atoms with E-state index in [-0.39, 0.29) is 27.7 Å². The molecule has 0 radical (unpaired) electrons. The Bertz CT molecular complexity index is 985. The summed E-state index contributed by atoms with van der Waals surface area (Å²) in [5, 5.41) is 6.43. The van der Waals surface area contributed by atoms with Gasteiger partial charge in [0.2, 0.25) is 10.0 Å². The molecule has 1 amide bonds. The molecule has 4 rings (SSSR count). The van der Waals surface area contributed by atoms with Gasteiger partial charge in [0.1, 0.15) is 4.90 Å². The van der Waals surface area contributed by atoms with Crippen LogP contribution in [0.15, 0.2) is 23.1 Å². The summed E-state index contributed by atoms with van der Waals surface area (Å²) >= 11 is 0. The summed E-state index contributed by atoms with van der Waals surface area (Å²) in [7, 11) is -2.19. The van der Waals surface area contributed by atoms with Crippen molar-refractivity contribution in [3.63, 3.8) is 0 Å². The summed E-state index contributed by atoms with van der Waals surface area (Å²) in [6.45, 7) is 8.97. The lowest BCUT2D eigenvalue weighted by molar-refractivity contribution is 0.0729. The van der Waals surface area contributed by atoms with E-state index in [1.54, 1.807) is 19.2 Å². The van der Waals surface area contributed by atoms with Gasteiger partial charge in [0.05, 0.1) is 25.5 Å². The minimum absolute atomic E-state index is 0.0208. The Morgan fingerprint density at radius 2 is 1.97 bits per heavy atom. The number of carbonyl (C=O) groups excluding carboxylic acids is 1. The zero-order valence-electron chi connectivity index (χ0n) is 20.1. The molecule has 2 saturated carbocycles. The molecule has 9 heteroatoms. The van der Waals surface area contributed by atoms with Crippen LogP contribution in [0.5, 0.6) is 0 Å². The van der Waals surface area contributed by atoms with Crippen molar-refractivity contribution in [2.75, 3.05) is 51.9 Å². The number of morpholine rings is 1. The van der Waals surface area contributed by atoms with Crippen molar-refractivity contribution in [2.45, 2.75) is 51.0 Å². The Morgan fingerprint density at radius 1 is 1.24 bits per heavy atom. The molecule has 1 saturated heterocycles. The first-order chi connectivity index (χ1) is 15.6. The van der Waals surface area contributed by atoms with E-state index in [0.29, 0.717) is 56.6 Å². The fourth-order valence-corrected chi connectivity index (χ4v) is 7.72. The molecule has 3 atom stereocenters. The van der Waals surface area contributed by atoms with Crippen LogP contribution < -0.4 is 10.6 Å². The number of carbonyl (C=O) groups is 1. The molecule has 1 aromatic carbocycles. The fraction of sp³-hybridized carbons (Fsp3) is 0.708. The molecular formula is C24H37N3O5S. The van der Waals surface area contributed by atoms with E-state index in [9.17, 15) is 13.2 Å². The van der Waals surface area contributed by atoms with Crippen molar-refractivity contribution in [2.24, 2.45) is 16.7 Å². The summed E-state index contributed by atoms with van der Waals surface area (Å²) < 4.78 is 38.8. The molecule has 1 aromatic rings. The molecular weight excluding hydrogens is 442 g/mol. The van der Waals surface area contributed by atoms with Crippen LogP contribution in [0.2, 0.25) is 0 Å². The molecule has 0 spiro atoms. The van der Waals surface area contributed by atoms with Crippen molar-refractivity contribution >= 4 is 21.6 Å². The molecule has 33 heavy (non-hydrogen) atoms. The average molecular weight is 480 g/mol. The van der Waals surface area contributed by atoms with Crippen LogP contribution in [0.3, 0.4) is 0 Å². The molecule has 2 aliphatic carbocycles. The van der Waals surface area contributed by atoms with Gasteiger partial charge in [0, 0.05) is 38.3 Å². The van der Waals surface area contributed by atoms with Crippen LogP contribution >= 0.6 is 0 Å². The highest BCUT2D eigenvalue weighted by atomic mass is 32.2. The molecule has 1 unspecified atom stereocenters. The maximum atomic E-state index is 13.5. The van der Waals surface area contributed by atoms with E-state index in [4.69, 9.17) is 9.47 Å². The largest absolute Gasteiger partial charge is 0.383 e. The first-order valence-electron chi connectivity index (χ1n) is 11.9. The topological polar surface area (TPSA) is 97.0 Å². The first-order valence-corrected chi connectivity index (χ1v) is 13.3. The molecule has 2 bridgehead atoms. The summed E-state index contributed by atoms with van der Waals surface area (Å²) in [5.74, 6) is 0.390. The second-order valence-electron chi connectivity index (χ2n) is 10.5. The minimum Gasteiger partial charge on any atom is -0.383 e. The number of nitrogens with zero attached hydrogens (tertiary/aromatic N) is 1. The lowest BCUT2D eigenvalue weighted by Gasteiger charge is -2.43. The van der Waals surface area contributed by atoms with Gasteiger partial charge in [-0.3, -0.25) is 4.79 Å². The molecule has 184 valence electrons. The van der Waals surface area contributed by atoms with Crippen LogP contribution in [-0.2, 0) is 19.5 Å². The van der Waals surface area contributed by atoms with Gasteiger partial charge in [-0.25, -0.2) is 8.42 Å². The Labute approximate surface area is 197 Å². The zero-order valence-corrected chi connectivity index (χ0v) is 21.0. The summed E-state index contributed by atoms with van der Waals surface area (Å²) in [6.07, 6.45) is 3.45. The Morgan fingerprint density at radius 3 is 2.61 bits per heavy atom. The lowest BCUT2D eigenvalue weighted by atomic mass is 9.68. The van der Waals surface area contributed by atoms with Crippen molar-refractivity contribution in [3.05, 3.63) is 23.8 Å². The third-order valence-electron chi connectivity index (χ3n) is 8.00. The number of hydrogen-bond acceptors (Lipinski definition) is 6. The first kappa shape index (κ1) is 24.4. The SMILES string of the molecule is COCCNc1ccc(C(=O)NC2C(C)(C)[C@@H]3CC[C@@]2(C)C3)cc1S(=O)(=O)N1CCOCC1. The van der Waals surface area contributed by atoms with Crippen LogP contribution in [0.1, 0.15) is 50.4 Å². The smallest absolute Gasteiger partial charge is 0.251 e.